The van der Waals surface area contributed by atoms with Crippen LogP contribution >= 0.6 is 0 Å². The van der Waals surface area contributed by atoms with Gasteiger partial charge in [0.1, 0.15) is 0 Å². The SMILES string of the molecule is CCCCCCCCCC(=O)[O-].CCCCCCCCCC(=O)[O-].CCCCCCCCCC(=O)[O-].CCCCCCCCCC(=O)[O-].[Ag+].[Ag+].[Ag+].[Ag+]. The second-order valence-corrected chi connectivity index (χ2v) is 13.0. The van der Waals surface area contributed by atoms with Gasteiger partial charge in [0.15, 0.2) is 0 Å². The molecule has 8 nitrogen and oxygen atoms in total. The molecule has 328 valence electrons. The van der Waals surface area contributed by atoms with E-state index in [9.17, 15) is 39.6 Å². The smallest absolute Gasteiger partial charge is 0.550 e. The monoisotopic (exact) mass is 1110 g/mol. The fourth-order valence-electron chi connectivity index (χ4n) is 4.91. The Morgan fingerprint density at radius 2 is 0.365 bits per heavy atom. The molecule has 0 rings (SSSR count). The molecule has 0 radical (unpaired) electrons. The number of aliphatic carboxylic acids is 4. The Hall–Kier alpha value is 0.841. The van der Waals surface area contributed by atoms with Gasteiger partial charge in [0.05, 0.1) is 0 Å². The molecule has 0 aromatic carbocycles. The number of carbonyl (C=O) groups is 4. The van der Waals surface area contributed by atoms with Gasteiger partial charge < -0.3 is 39.6 Å². The normalized spacial score (nSPS) is 9.31. The number of rotatable bonds is 32. The molecule has 0 aliphatic rings. The topological polar surface area (TPSA) is 161 Å². The van der Waals surface area contributed by atoms with Crippen LogP contribution in [0.15, 0.2) is 0 Å². The fourth-order valence-corrected chi connectivity index (χ4v) is 4.91. The summed E-state index contributed by atoms with van der Waals surface area (Å²) in [5.41, 5.74) is 0. The van der Waals surface area contributed by atoms with E-state index in [0.717, 1.165) is 51.4 Å². The average Bonchev–Trinajstić information content (AvgIpc) is 3.03. The molecule has 0 saturated carbocycles. The van der Waals surface area contributed by atoms with Crippen LogP contribution in [-0.4, -0.2) is 23.9 Å². The quantitative estimate of drug-likeness (QED) is 0.0495. The number of unbranched alkanes of at least 4 members (excludes halogenated alkanes) is 24. The van der Waals surface area contributed by atoms with E-state index in [2.05, 4.69) is 27.7 Å². The van der Waals surface area contributed by atoms with Crippen molar-refractivity contribution in [2.45, 2.75) is 233 Å². The molecule has 0 aromatic heterocycles. The van der Waals surface area contributed by atoms with Crippen LogP contribution in [0.1, 0.15) is 233 Å². The van der Waals surface area contributed by atoms with Crippen molar-refractivity contribution in [1.29, 1.82) is 0 Å². The molecule has 0 atom stereocenters. The summed E-state index contributed by atoms with van der Waals surface area (Å²) in [7, 11) is 0. The third-order valence-corrected chi connectivity index (χ3v) is 7.94. The minimum Gasteiger partial charge on any atom is -0.550 e. The zero-order valence-electron chi connectivity index (χ0n) is 33.1. The van der Waals surface area contributed by atoms with Gasteiger partial charge in [0.25, 0.3) is 0 Å². The zero-order valence-corrected chi connectivity index (χ0v) is 39.0. The Labute approximate surface area is 382 Å². The summed E-state index contributed by atoms with van der Waals surface area (Å²) < 4.78 is 0. The van der Waals surface area contributed by atoms with Crippen molar-refractivity contribution in [3.05, 3.63) is 0 Å². The van der Waals surface area contributed by atoms with Gasteiger partial charge in [-0.25, -0.2) is 0 Å². The van der Waals surface area contributed by atoms with Crippen molar-refractivity contribution in [3.8, 4) is 0 Å². The first-order chi connectivity index (χ1) is 23.1. The van der Waals surface area contributed by atoms with Gasteiger partial charge in [-0.05, 0) is 51.4 Å². The maximum absolute atomic E-state index is 10.0. The molecule has 0 spiro atoms. The summed E-state index contributed by atoms with van der Waals surface area (Å²) in [5, 5.41) is 40.1. The van der Waals surface area contributed by atoms with Gasteiger partial charge in [-0.1, -0.05) is 182 Å². The van der Waals surface area contributed by atoms with E-state index in [0.29, 0.717) is 0 Å². The molecule has 52 heavy (non-hydrogen) atoms. The van der Waals surface area contributed by atoms with Crippen LogP contribution in [0.5, 0.6) is 0 Å². The molecule has 0 aromatic rings. The first-order valence-electron chi connectivity index (χ1n) is 19.9. The first-order valence-corrected chi connectivity index (χ1v) is 19.9. The maximum atomic E-state index is 10.0. The van der Waals surface area contributed by atoms with Gasteiger partial charge in [0.2, 0.25) is 0 Å². The van der Waals surface area contributed by atoms with Crippen molar-refractivity contribution >= 4 is 23.9 Å². The molecule has 0 bridgehead atoms. The van der Waals surface area contributed by atoms with Gasteiger partial charge in [-0.3, -0.25) is 0 Å². The van der Waals surface area contributed by atoms with Crippen LogP contribution in [0, 0.1) is 0 Å². The molecule has 12 heteroatoms. The maximum Gasteiger partial charge on any atom is 1.00 e. The average molecular weight is 1120 g/mol. The van der Waals surface area contributed by atoms with Crippen molar-refractivity contribution in [2.75, 3.05) is 0 Å². The van der Waals surface area contributed by atoms with Crippen molar-refractivity contribution in [2.24, 2.45) is 0 Å². The van der Waals surface area contributed by atoms with Crippen LogP contribution in [0.2, 0.25) is 0 Å². The predicted octanol–water partition coefficient (Wildman–Crippen LogP) is 7.50. The Morgan fingerprint density at radius 3 is 0.481 bits per heavy atom. The summed E-state index contributed by atoms with van der Waals surface area (Å²) >= 11 is 0. The van der Waals surface area contributed by atoms with E-state index >= 15 is 0 Å². The summed E-state index contributed by atoms with van der Waals surface area (Å²) in [6.07, 6.45) is 33.4. The summed E-state index contributed by atoms with van der Waals surface area (Å²) in [5.74, 6) is -3.65. The Balaban J connectivity index is -0.0000000807. The van der Waals surface area contributed by atoms with Crippen LogP contribution in [0.3, 0.4) is 0 Å². The van der Waals surface area contributed by atoms with E-state index in [4.69, 9.17) is 0 Å². The van der Waals surface area contributed by atoms with E-state index in [-0.39, 0.29) is 115 Å². The van der Waals surface area contributed by atoms with Crippen molar-refractivity contribution in [1.82, 2.24) is 0 Å². The van der Waals surface area contributed by atoms with Crippen LogP contribution in [0.4, 0.5) is 0 Å². The largest absolute Gasteiger partial charge is 1.00 e. The molecule has 0 fully saturated rings. The van der Waals surface area contributed by atoms with Crippen molar-refractivity contribution < 1.29 is 129 Å². The second-order valence-electron chi connectivity index (χ2n) is 13.0. The van der Waals surface area contributed by atoms with E-state index in [1.165, 1.54) is 128 Å². The minimum absolute atomic E-state index is 0. The summed E-state index contributed by atoms with van der Waals surface area (Å²) in [4.78, 5) is 40.1. The molecule has 0 N–H and O–H groups in total. The Kier molecular flexibility index (Phi) is 90.5. The van der Waals surface area contributed by atoms with E-state index in [1.54, 1.807) is 0 Å². The Bertz CT molecular complexity index is 574. The molecular formula is C40H76Ag4O8. The van der Waals surface area contributed by atoms with Crippen LogP contribution in [-0.2, 0) is 109 Å². The molecule has 0 aliphatic carbocycles. The number of carbonyl (C=O) groups excluding carboxylic acids is 4. The molecule has 0 amide bonds. The third kappa shape index (κ3) is 93.1. The first kappa shape index (κ1) is 70.6. The molecule has 0 aliphatic heterocycles. The van der Waals surface area contributed by atoms with Crippen LogP contribution in [0.25, 0.3) is 0 Å². The minimum atomic E-state index is -0.913. The summed E-state index contributed by atoms with van der Waals surface area (Å²) in [6.45, 7) is 8.76. The summed E-state index contributed by atoms with van der Waals surface area (Å²) in [6, 6.07) is 0. The van der Waals surface area contributed by atoms with E-state index in [1.807, 2.05) is 0 Å². The molecular weight excluding hydrogens is 1040 g/mol. The zero-order chi connectivity index (χ0) is 36.9. The number of carboxylic acids is 4. The molecule has 0 saturated heterocycles. The Morgan fingerprint density at radius 1 is 0.250 bits per heavy atom. The van der Waals surface area contributed by atoms with Crippen molar-refractivity contribution in [3.63, 3.8) is 0 Å². The number of hydrogen-bond acceptors (Lipinski definition) is 8. The molecule has 0 unspecified atom stereocenters. The van der Waals surface area contributed by atoms with Gasteiger partial charge >= 0.3 is 89.5 Å². The van der Waals surface area contributed by atoms with Gasteiger partial charge in [0, 0.05) is 23.9 Å². The number of carboxylic acid groups (broad SMARTS) is 4. The van der Waals surface area contributed by atoms with Gasteiger partial charge in [-0.2, -0.15) is 0 Å². The molecule has 0 heterocycles. The van der Waals surface area contributed by atoms with Crippen LogP contribution < -0.4 is 20.4 Å². The predicted molar refractivity (Wildman–Crippen MR) is 190 cm³/mol. The van der Waals surface area contributed by atoms with E-state index < -0.39 is 23.9 Å². The third-order valence-electron chi connectivity index (χ3n) is 7.94. The second kappa shape index (κ2) is 66.6. The fraction of sp³-hybridized carbons (Fsp3) is 0.900. The number of hydrogen-bond donors (Lipinski definition) is 0. The standard InChI is InChI=1S/4C10H20O2.4Ag/c4*1-2-3-4-5-6-7-8-9-10(11)12;;;;/h4*2-9H2,1H3,(H,11,12);;;;/q;;;;4*+1/p-4. The van der Waals surface area contributed by atoms with Gasteiger partial charge in [-0.15, -0.1) is 0 Å².